The zero-order chi connectivity index (χ0) is 13.1. The summed E-state index contributed by atoms with van der Waals surface area (Å²) in [6.07, 6.45) is 1.73. The second kappa shape index (κ2) is 5.23. The Labute approximate surface area is 114 Å². The predicted molar refractivity (Wildman–Crippen MR) is 74.1 cm³/mol. The Hall–Kier alpha value is -1.80. The third kappa shape index (κ3) is 2.39. The minimum Gasteiger partial charge on any atom is -0.365 e. The molecule has 0 aliphatic rings. The molecule has 1 aromatic heterocycles. The van der Waals surface area contributed by atoms with Crippen LogP contribution in [0.4, 0.5) is 5.69 Å². The molecule has 0 fully saturated rings. The molecule has 2 aromatic rings. The van der Waals surface area contributed by atoms with Gasteiger partial charge in [-0.3, -0.25) is 4.68 Å². The maximum Gasteiger partial charge on any atom is 0.143 e. The number of anilines is 1. The Morgan fingerprint density at radius 3 is 2.72 bits per heavy atom. The van der Waals surface area contributed by atoms with Gasteiger partial charge in [0.2, 0.25) is 0 Å². The van der Waals surface area contributed by atoms with Crippen LogP contribution < -0.4 is 5.32 Å². The van der Waals surface area contributed by atoms with Crippen molar-refractivity contribution in [2.45, 2.75) is 13.0 Å². The molecule has 92 valence electrons. The SMILES string of the molecule is Cc1c(C(C#N)Nc2ccccc2Br)cnn1C. The average molecular weight is 305 g/mol. The van der Waals surface area contributed by atoms with Crippen molar-refractivity contribution in [2.24, 2.45) is 7.05 Å². The summed E-state index contributed by atoms with van der Waals surface area (Å²) in [5.41, 5.74) is 2.78. The maximum absolute atomic E-state index is 9.30. The molecule has 5 heteroatoms. The third-order valence-electron chi connectivity index (χ3n) is 2.89. The van der Waals surface area contributed by atoms with Gasteiger partial charge >= 0.3 is 0 Å². The van der Waals surface area contributed by atoms with Gasteiger partial charge in [0.25, 0.3) is 0 Å². The Morgan fingerprint density at radius 2 is 2.17 bits per heavy atom. The van der Waals surface area contributed by atoms with Gasteiger partial charge in [-0.15, -0.1) is 0 Å². The lowest BCUT2D eigenvalue weighted by molar-refractivity contribution is 0.737. The van der Waals surface area contributed by atoms with Crippen LogP contribution in [0.5, 0.6) is 0 Å². The first kappa shape index (κ1) is 12.7. The van der Waals surface area contributed by atoms with Crippen molar-refractivity contribution in [1.82, 2.24) is 9.78 Å². The van der Waals surface area contributed by atoms with Crippen LogP contribution in [0.2, 0.25) is 0 Å². The third-order valence-corrected chi connectivity index (χ3v) is 3.58. The normalized spacial score (nSPS) is 11.9. The summed E-state index contributed by atoms with van der Waals surface area (Å²) >= 11 is 3.46. The summed E-state index contributed by atoms with van der Waals surface area (Å²) in [6, 6.07) is 9.59. The van der Waals surface area contributed by atoms with Crippen LogP contribution in [-0.4, -0.2) is 9.78 Å². The molecule has 0 aliphatic carbocycles. The fourth-order valence-corrected chi connectivity index (χ4v) is 2.11. The van der Waals surface area contributed by atoms with Crippen LogP contribution in [0.15, 0.2) is 34.9 Å². The highest BCUT2D eigenvalue weighted by molar-refractivity contribution is 9.10. The van der Waals surface area contributed by atoms with E-state index in [1.165, 1.54) is 0 Å². The first-order chi connectivity index (χ1) is 8.63. The molecule has 1 atom stereocenters. The van der Waals surface area contributed by atoms with Crippen LogP contribution in [0.1, 0.15) is 17.3 Å². The number of nitrogens with zero attached hydrogens (tertiary/aromatic N) is 3. The van der Waals surface area contributed by atoms with Gasteiger partial charge in [0.1, 0.15) is 6.04 Å². The van der Waals surface area contributed by atoms with Gasteiger partial charge in [-0.05, 0) is 35.0 Å². The van der Waals surface area contributed by atoms with Crippen LogP contribution in [0.3, 0.4) is 0 Å². The minimum absolute atomic E-state index is 0.405. The van der Waals surface area contributed by atoms with E-state index in [4.69, 9.17) is 0 Å². The summed E-state index contributed by atoms with van der Waals surface area (Å²) in [4.78, 5) is 0. The lowest BCUT2D eigenvalue weighted by Gasteiger charge is -2.14. The van der Waals surface area contributed by atoms with Crippen LogP contribution in [0, 0.1) is 18.3 Å². The number of hydrogen-bond donors (Lipinski definition) is 1. The zero-order valence-electron chi connectivity index (χ0n) is 10.2. The van der Waals surface area contributed by atoms with E-state index in [0.717, 1.165) is 21.4 Å². The van der Waals surface area contributed by atoms with Crippen LogP contribution >= 0.6 is 15.9 Å². The van der Waals surface area contributed by atoms with Crippen molar-refractivity contribution < 1.29 is 0 Å². The maximum atomic E-state index is 9.30. The molecule has 1 N–H and O–H groups in total. The van der Waals surface area contributed by atoms with Crippen molar-refractivity contribution in [1.29, 1.82) is 5.26 Å². The van der Waals surface area contributed by atoms with Crippen molar-refractivity contribution >= 4 is 21.6 Å². The fourth-order valence-electron chi connectivity index (χ4n) is 1.71. The summed E-state index contributed by atoms with van der Waals surface area (Å²) < 4.78 is 2.70. The smallest absolute Gasteiger partial charge is 0.143 e. The topological polar surface area (TPSA) is 53.6 Å². The highest BCUT2D eigenvalue weighted by Crippen LogP contribution is 2.27. The number of rotatable bonds is 3. The van der Waals surface area contributed by atoms with E-state index >= 15 is 0 Å². The Kier molecular flexibility index (Phi) is 3.68. The standard InChI is InChI=1S/C13H13BrN4/c1-9-10(8-16-18(9)2)13(7-15)17-12-6-4-3-5-11(12)14/h3-6,8,13,17H,1-2H3. The molecule has 0 aliphatic heterocycles. The Bertz CT molecular complexity index is 597. The molecule has 0 bridgehead atoms. The molecule has 1 aromatic carbocycles. The first-order valence-electron chi connectivity index (χ1n) is 5.52. The van der Waals surface area contributed by atoms with Crippen LogP contribution in [-0.2, 0) is 7.05 Å². The lowest BCUT2D eigenvalue weighted by atomic mass is 10.1. The number of benzene rings is 1. The van der Waals surface area contributed by atoms with E-state index in [9.17, 15) is 5.26 Å². The largest absolute Gasteiger partial charge is 0.365 e. The van der Waals surface area contributed by atoms with E-state index < -0.39 is 6.04 Å². The van der Waals surface area contributed by atoms with Gasteiger partial charge in [0, 0.05) is 28.5 Å². The molecule has 0 spiro atoms. The summed E-state index contributed by atoms with van der Waals surface area (Å²) in [5.74, 6) is 0. The summed E-state index contributed by atoms with van der Waals surface area (Å²) in [5, 5.41) is 16.7. The number of aryl methyl sites for hydroxylation is 1. The molecule has 2 rings (SSSR count). The van der Waals surface area contributed by atoms with E-state index in [-0.39, 0.29) is 0 Å². The quantitative estimate of drug-likeness (QED) is 0.947. The fraction of sp³-hybridized carbons (Fsp3) is 0.231. The number of hydrogen-bond acceptors (Lipinski definition) is 3. The Morgan fingerprint density at radius 1 is 1.44 bits per heavy atom. The van der Waals surface area contributed by atoms with Gasteiger partial charge in [0.05, 0.1) is 12.3 Å². The van der Waals surface area contributed by atoms with Gasteiger partial charge in [-0.25, -0.2) is 0 Å². The predicted octanol–water partition coefficient (Wildman–Crippen LogP) is 3.17. The van der Waals surface area contributed by atoms with Crippen molar-refractivity contribution in [3.05, 3.63) is 46.2 Å². The minimum atomic E-state index is -0.405. The zero-order valence-corrected chi connectivity index (χ0v) is 11.8. The van der Waals surface area contributed by atoms with Gasteiger partial charge in [0.15, 0.2) is 0 Å². The molecule has 0 radical (unpaired) electrons. The summed E-state index contributed by atoms with van der Waals surface area (Å²) in [6.45, 7) is 1.95. The molecule has 4 nitrogen and oxygen atoms in total. The molecule has 1 heterocycles. The monoisotopic (exact) mass is 304 g/mol. The molecular formula is C13H13BrN4. The van der Waals surface area contributed by atoms with E-state index in [2.05, 4.69) is 32.4 Å². The molecule has 1 unspecified atom stereocenters. The van der Waals surface area contributed by atoms with E-state index in [1.54, 1.807) is 10.9 Å². The first-order valence-corrected chi connectivity index (χ1v) is 6.32. The van der Waals surface area contributed by atoms with E-state index in [1.807, 2.05) is 38.2 Å². The molecule has 18 heavy (non-hydrogen) atoms. The van der Waals surface area contributed by atoms with Crippen molar-refractivity contribution in [3.63, 3.8) is 0 Å². The van der Waals surface area contributed by atoms with Crippen molar-refractivity contribution in [2.75, 3.05) is 5.32 Å². The van der Waals surface area contributed by atoms with Crippen LogP contribution in [0.25, 0.3) is 0 Å². The summed E-state index contributed by atoms with van der Waals surface area (Å²) in [7, 11) is 1.87. The van der Waals surface area contributed by atoms with E-state index in [0.29, 0.717) is 0 Å². The van der Waals surface area contributed by atoms with Gasteiger partial charge in [-0.1, -0.05) is 12.1 Å². The van der Waals surface area contributed by atoms with Crippen molar-refractivity contribution in [3.8, 4) is 6.07 Å². The molecule has 0 saturated carbocycles. The number of para-hydroxylation sites is 1. The second-order valence-corrected chi connectivity index (χ2v) is 4.85. The molecular weight excluding hydrogens is 292 g/mol. The highest BCUT2D eigenvalue weighted by Gasteiger charge is 2.16. The van der Waals surface area contributed by atoms with Gasteiger partial charge in [-0.2, -0.15) is 10.4 Å². The number of aromatic nitrogens is 2. The average Bonchev–Trinajstić information content (AvgIpc) is 2.70. The molecule has 0 saturated heterocycles. The lowest BCUT2D eigenvalue weighted by Crippen LogP contribution is -2.10. The molecule has 0 amide bonds. The Balaban J connectivity index is 2.29. The number of halogens is 1. The number of nitrogens with one attached hydrogen (secondary N) is 1. The van der Waals surface area contributed by atoms with Gasteiger partial charge < -0.3 is 5.32 Å². The highest BCUT2D eigenvalue weighted by atomic mass is 79.9. The second-order valence-electron chi connectivity index (χ2n) is 4.00. The number of nitriles is 1.